The third-order valence-corrected chi connectivity index (χ3v) is 4.80. The molecule has 1 heterocycles. The van der Waals surface area contributed by atoms with Crippen LogP contribution in [-0.2, 0) is 6.54 Å². The lowest BCUT2D eigenvalue weighted by Crippen LogP contribution is -2.04. The van der Waals surface area contributed by atoms with Crippen LogP contribution in [-0.4, -0.2) is 9.55 Å². The molecule has 0 aliphatic carbocycles. The lowest BCUT2D eigenvalue weighted by molar-refractivity contribution is 0.827. The standard InChI is InChI=1S/C23H22N2/c1-16-9-12-19(13-10-16)23-24-21-6-4-5-7-22(21)25(23)15-20-14-17(2)8-11-18(20)3/h4-14H,15H2,1-3H3. The molecule has 0 unspecified atom stereocenters. The van der Waals surface area contributed by atoms with Gasteiger partial charge in [0, 0.05) is 12.1 Å². The largest absolute Gasteiger partial charge is 0.319 e. The lowest BCUT2D eigenvalue weighted by Gasteiger charge is -2.13. The topological polar surface area (TPSA) is 17.8 Å². The molecular formula is C23H22N2. The average Bonchev–Trinajstić information content (AvgIpc) is 2.97. The Bertz CT molecular complexity index is 1040. The van der Waals surface area contributed by atoms with E-state index in [1.165, 1.54) is 27.8 Å². The van der Waals surface area contributed by atoms with Crippen LogP contribution in [0.1, 0.15) is 22.3 Å². The number of aryl methyl sites for hydroxylation is 3. The first-order valence-corrected chi connectivity index (χ1v) is 8.70. The summed E-state index contributed by atoms with van der Waals surface area (Å²) in [7, 11) is 0. The van der Waals surface area contributed by atoms with E-state index in [4.69, 9.17) is 4.98 Å². The lowest BCUT2D eigenvalue weighted by atomic mass is 10.1. The molecule has 2 nitrogen and oxygen atoms in total. The fourth-order valence-electron chi connectivity index (χ4n) is 3.30. The van der Waals surface area contributed by atoms with Gasteiger partial charge < -0.3 is 4.57 Å². The fraction of sp³-hybridized carbons (Fsp3) is 0.174. The van der Waals surface area contributed by atoms with E-state index in [1.807, 2.05) is 0 Å². The highest BCUT2D eigenvalue weighted by atomic mass is 15.1. The number of aromatic nitrogens is 2. The van der Waals surface area contributed by atoms with Gasteiger partial charge in [0.05, 0.1) is 11.0 Å². The van der Waals surface area contributed by atoms with Crippen molar-refractivity contribution in [3.05, 3.63) is 89.0 Å². The van der Waals surface area contributed by atoms with Gasteiger partial charge >= 0.3 is 0 Å². The molecule has 25 heavy (non-hydrogen) atoms. The van der Waals surface area contributed by atoms with E-state index in [9.17, 15) is 0 Å². The van der Waals surface area contributed by atoms with E-state index in [1.54, 1.807) is 0 Å². The van der Waals surface area contributed by atoms with Crippen molar-refractivity contribution in [2.75, 3.05) is 0 Å². The summed E-state index contributed by atoms with van der Waals surface area (Å²) in [5.74, 6) is 1.03. The quantitative estimate of drug-likeness (QED) is 0.474. The number of nitrogens with zero attached hydrogens (tertiary/aromatic N) is 2. The van der Waals surface area contributed by atoms with Crippen LogP contribution in [0.25, 0.3) is 22.4 Å². The number of hydrogen-bond acceptors (Lipinski definition) is 1. The molecule has 3 aromatic carbocycles. The summed E-state index contributed by atoms with van der Waals surface area (Å²) in [6.45, 7) is 7.27. The number of rotatable bonds is 3. The van der Waals surface area contributed by atoms with Crippen molar-refractivity contribution in [2.24, 2.45) is 0 Å². The highest BCUT2D eigenvalue weighted by molar-refractivity contribution is 5.80. The van der Waals surface area contributed by atoms with Crippen LogP contribution in [0.4, 0.5) is 0 Å². The Kier molecular flexibility index (Phi) is 3.89. The summed E-state index contributed by atoms with van der Waals surface area (Å²) in [5.41, 5.74) is 8.60. The predicted octanol–water partition coefficient (Wildman–Crippen LogP) is 5.68. The Balaban J connectivity index is 1.90. The third kappa shape index (κ3) is 2.96. The van der Waals surface area contributed by atoms with Crippen LogP contribution < -0.4 is 0 Å². The number of benzene rings is 3. The van der Waals surface area contributed by atoms with Gasteiger partial charge in [-0.3, -0.25) is 0 Å². The summed E-state index contributed by atoms with van der Waals surface area (Å²) in [6.07, 6.45) is 0. The van der Waals surface area contributed by atoms with Crippen molar-refractivity contribution in [3.8, 4) is 11.4 Å². The number of imidazole rings is 1. The molecule has 2 heteroatoms. The minimum atomic E-state index is 0.831. The van der Waals surface area contributed by atoms with E-state index < -0.39 is 0 Å². The van der Waals surface area contributed by atoms with Crippen molar-refractivity contribution in [2.45, 2.75) is 27.3 Å². The SMILES string of the molecule is Cc1ccc(-c2nc3ccccc3n2Cc2cc(C)ccc2C)cc1. The van der Waals surface area contributed by atoms with Crippen LogP contribution >= 0.6 is 0 Å². The van der Waals surface area contributed by atoms with Gasteiger partial charge in [0.1, 0.15) is 5.82 Å². The normalized spacial score (nSPS) is 11.2. The first kappa shape index (κ1) is 15.6. The first-order chi connectivity index (χ1) is 12.1. The predicted molar refractivity (Wildman–Crippen MR) is 105 cm³/mol. The number of para-hydroxylation sites is 2. The summed E-state index contributed by atoms with van der Waals surface area (Å²) < 4.78 is 2.34. The maximum atomic E-state index is 4.92. The van der Waals surface area contributed by atoms with E-state index in [0.717, 1.165) is 23.4 Å². The van der Waals surface area contributed by atoms with Gasteiger partial charge in [-0.05, 0) is 44.0 Å². The van der Waals surface area contributed by atoms with Crippen LogP contribution in [0.2, 0.25) is 0 Å². The van der Waals surface area contributed by atoms with Crippen molar-refractivity contribution in [3.63, 3.8) is 0 Å². The summed E-state index contributed by atoms with van der Waals surface area (Å²) in [4.78, 5) is 4.92. The molecule has 4 aromatic rings. The average molecular weight is 326 g/mol. The molecule has 0 N–H and O–H groups in total. The van der Waals surface area contributed by atoms with E-state index >= 15 is 0 Å². The van der Waals surface area contributed by atoms with Crippen molar-refractivity contribution >= 4 is 11.0 Å². The maximum absolute atomic E-state index is 4.92. The Hall–Kier alpha value is -2.87. The van der Waals surface area contributed by atoms with Gasteiger partial charge in [-0.25, -0.2) is 4.98 Å². The minimum Gasteiger partial charge on any atom is -0.319 e. The second kappa shape index (κ2) is 6.21. The second-order valence-corrected chi connectivity index (χ2v) is 6.81. The summed E-state index contributed by atoms with van der Waals surface area (Å²) in [5, 5.41) is 0. The van der Waals surface area contributed by atoms with Crippen LogP contribution in [0.15, 0.2) is 66.7 Å². The van der Waals surface area contributed by atoms with Crippen LogP contribution in [0.3, 0.4) is 0 Å². The number of hydrogen-bond donors (Lipinski definition) is 0. The molecule has 0 radical (unpaired) electrons. The Morgan fingerprint density at radius 1 is 0.800 bits per heavy atom. The zero-order chi connectivity index (χ0) is 17.4. The van der Waals surface area contributed by atoms with Crippen molar-refractivity contribution in [1.29, 1.82) is 0 Å². The molecule has 0 bridgehead atoms. The molecule has 1 aromatic heterocycles. The smallest absolute Gasteiger partial charge is 0.141 e. The summed E-state index contributed by atoms with van der Waals surface area (Å²) in [6, 6.07) is 23.7. The molecular weight excluding hydrogens is 304 g/mol. The molecule has 124 valence electrons. The molecule has 0 atom stereocenters. The molecule has 0 saturated carbocycles. The molecule has 0 aliphatic heterocycles. The molecule has 0 aliphatic rings. The molecule has 0 saturated heterocycles. The molecule has 0 spiro atoms. The zero-order valence-corrected chi connectivity index (χ0v) is 15.0. The minimum absolute atomic E-state index is 0.831. The van der Waals surface area contributed by atoms with Gasteiger partial charge in [0.25, 0.3) is 0 Å². The van der Waals surface area contributed by atoms with Gasteiger partial charge in [-0.2, -0.15) is 0 Å². The fourth-order valence-corrected chi connectivity index (χ4v) is 3.30. The molecule has 0 amide bonds. The van der Waals surface area contributed by atoms with Gasteiger partial charge in [-0.1, -0.05) is 65.7 Å². The van der Waals surface area contributed by atoms with E-state index in [0.29, 0.717) is 0 Å². The van der Waals surface area contributed by atoms with E-state index in [2.05, 4.69) is 92.1 Å². The molecule has 0 fully saturated rings. The van der Waals surface area contributed by atoms with Gasteiger partial charge in [-0.15, -0.1) is 0 Å². The number of fused-ring (bicyclic) bond motifs is 1. The van der Waals surface area contributed by atoms with Crippen molar-refractivity contribution in [1.82, 2.24) is 9.55 Å². The third-order valence-electron chi connectivity index (χ3n) is 4.80. The highest BCUT2D eigenvalue weighted by Crippen LogP contribution is 2.27. The van der Waals surface area contributed by atoms with Gasteiger partial charge in [0.15, 0.2) is 0 Å². The Morgan fingerprint density at radius 2 is 1.52 bits per heavy atom. The molecule has 4 rings (SSSR count). The van der Waals surface area contributed by atoms with Gasteiger partial charge in [0.2, 0.25) is 0 Å². The van der Waals surface area contributed by atoms with E-state index in [-0.39, 0.29) is 0 Å². The highest BCUT2D eigenvalue weighted by Gasteiger charge is 2.13. The zero-order valence-electron chi connectivity index (χ0n) is 15.0. The summed E-state index contributed by atoms with van der Waals surface area (Å²) >= 11 is 0. The Morgan fingerprint density at radius 3 is 2.32 bits per heavy atom. The van der Waals surface area contributed by atoms with Crippen molar-refractivity contribution < 1.29 is 0 Å². The maximum Gasteiger partial charge on any atom is 0.141 e. The van der Waals surface area contributed by atoms with Crippen LogP contribution in [0, 0.1) is 20.8 Å². The van der Waals surface area contributed by atoms with Crippen LogP contribution in [0.5, 0.6) is 0 Å². The Labute approximate surface area is 148 Å². The first-order valence-electron chi connectivity index (χ1n) is 8.70. The second-order valence-electron chi connectivity index (χ2n) is 6.81. The monoisotopic (exact) mass is 326 g/mol.